The molecule has 0 aliphatic carbocycles. The molecule has 0 spiro atoms. The Morgan fingerprint density at radius 3 is 2.28 bits per heavy atom. The third-order valence-electron chi connectivity index (χ3n) is 5.32. The summed E-state index contributed by atoms with van der Waals surface area (Å²) >= 11 is 0. The Bertz CT molecular complexity index is 1200. The number of amides is 1. The highest BCUT2D eigenvalue weighted by atomic mass is 16.2. The van der Waals surface area contributed by atoms with Crippen molar-refractivity contribution in [2.75, 3.05) is 6.54 Å². The molecule has 0 N–H and O–H groups in total. The van der Waals surface area contributed by atoms with Crippen LogP contribution in [0.5, 0.6) is 0 Å². The van der Waals surface area contributed by atoms with Crippen LogP contribution in [0.4, 0.5) is 0 Å². The summed E-state index contributed by atoms with van der Waals surface area (Å²) in [5.41, 5.74) is 1.86. The summed E-state index contributed by atoms with van der Waals surface area (Å²) in [4.78, 5) is 27.9. The lowest BCUT2D eigenvalue weighted by atomic mass is 10.1. The zero-order valence-corrected chi connectivity index (χ0v) is 17.9. The van der Waals surface area contributed by atoms with E-state index in [1.807, 2.05) is 60.7 Å². The third kappa shape index (κ3) is 5.00. The molecule has 2 heterocycles. The monoisotopic (exact) mass is 427 g/mol. The molecule has 0 aliphatic rings. The van der Waals surface area contributed by atoms with Crippen molar-refractivity contribution in [3.8, 4) is 5.82 Å². The van der Waals surface area contributed by atoms with Crippen LogP contribution in [0, 0.1) is 0 Å². The van der Waals surface area contributed by atoms with Crippen LogP contribution >= 0.6 is 0 Å². The normalized spacial score (nSPS) is 11.8. The van der Waals surface area contributed by atoms with E-state index in [0.29, 0.717) is 18.9 Å². The van der Waals surface area contributed by atoms with Gasteiger partial charge in [-0.2, -0.15) is 5.10 Å². The smallest absolute Gasteiger partial charge is 0.267 e. The molecule has 4 aromatic rings. The average molecular weight is 428 g/mol. The highest BCUT2D eigenvalue weighted by Gasteiger charge is 2.24. The molecule has 162 valence electrons. The van der Waals surface area contributed by atoms with E-state index in [9.17, 15) is 9.59 Å². The predicted molar refractivity (Wildman–Crippen MR) is 122 cm³/mol. The highest BCUT2D eigenvalue weighted by molar-refractivity contribution is 5.80. The molecule has 2 aromatic heterocycles. The molecule has 4 rings (SSSR count). The molecular formula is C25H25N5O2. The summed E-state index contributed by atoms with van der Waals surface area (Å²) in [5, 5.41) is 8.56. The van der Waals surface area contributed by atoms with E-state index >= 15 is 0 Å². The van der Waals surface area contributed by atoms with Gasteiger partial charge in [-0.1, -0.05) is 60.7 Å². The number of carbonyl (C=O) groups is 1. The van der Waals surface area contributed by atoms with Gasteiger partial charge in [0.2, 0.25) is 5.91 Å². The van der Waals surface area contributed by atoms with Crippen LogP contribution in [-0.2, 0) is 17.8 Å². The van der Waals surface area contributed by atoms with Crippen LogP contribution in [0.3, 0.4) is 0 Å². The summed E-state index contributed by atoms with van der Waals surface area (Å²) < 4.78 is 2.80. The van der Waals surface area contributed by atoms with Crippen molar-refractivity contribution in [3.63, 3.8) is 0 Å². The number of rotatable bonds is 8. The van der Waals surface area contributed by atoms with Gasteiger partial charge in [-0.15, -0.1) is 5.10 Å². The van der Waals surface area contributed by atoms with Gasteiger partial charge in [0.1, 0.15) is 6.04 Å². The molecule has 1 unspecified atom stereocenters. The molecular weight excluding hydrogens is 402 g/mol. The Hall–Kier alpha value is -4.00. The standard InChI is InChI=1S/C25H25N5O2/c1-20(30-24(31)14-13-23(27-30)29-17-8-16-26-29)25(32)28(19-22-11-6-3-7-12-22)18-15-21-9-4-2-5-10-21/h2-14,16-17,20H,15,18-19H2,1H3. The predicted octanol–water partition coefficient (Wildman–Crippen LogP) is 3.26. The average Bonchev–Trinajstić information content (AvgIpc) is 3.37. The second-order valence-electron chi connectivity index (χ2n) is 7.58. The van der Waals surface area contributed by atoms with E-state index < -0.39 is 6.04 Å². The van der Waals surface area contributed by atoms with E-state index in [0.717, 1.165) is 17.5 Å². The second kappa shape index (κ2) is 9.87. The summed E-state index contributed by atoms with van der Waals surface area (Å²) in [7, 11) is 0. The maximum Gasteiger partial charge on any atom is 0.267 e. The highest BCUT2D eigenvalue weighted by Crippen LogP contribution is 2.14. The van der Waals surface area contributed by atoms with Gasteiger partial charge >= 0.3 is 0 Å². The SMILES string of the molecule is CC(C(=O)N(CCc1ccccc1)Cc1ccccc1)n1nc(-n2cccn2)ccc1=O. The van der Waals surface area contributed by atoms with Crippen molar-refractivity contribution in [2.45, 2.75) is 25.9 Å². The molecule has 0 saturated carbocycles. The van der Waals surface area contributed by atoms with Crippen LogP contribution in [0.25, 0.3) is 5.82 Å². The molecule has 0 aliphatic heterocycles. The van der Waals surface area contributed by atoms with Gasteiger partial charge in [0.25, 0.3) is 5.56 Å². The number of hydrogen-bond acceptors (Lipinski definition) is 4. The van der Waals surface area contributed by atoms with Crippen molar-refractivity contribution < 1.29 is 4.79 Å². The topological polar surface area (TPSA) is 73.0 Å². The van der Waals surface area contributed by atoms with Crippen LogP contribution in [-0.4, -0.2) is 36.9 Å². The van der Waals surface area contributed by atoms with Gasteiger partial charge in [0, 0.05) is 31.5 Å². The van der Waals surface area contributed by atoms with Crippen LogP contribution in [0.1, 0.15) is 24.1 Å². The maximum atomic E-state index is 13.5. The molecule has 7 heteroatoms. The molecule has 0 radical (unpaired) electrons. The summed E-state index contributed by atoms with van der Waals surface area (Å²) in [6, 6.07) is 24.0. The minimum absolute atomic E-state index is 0.156. The quantitative estimate of drug-likeness (QED) is 0.433. The fourth-order valence-corrected chi connectivity index (χ4v) is 3.57. The Kier molecular flexibility index (Phi) is 6.55. The van der Waals surface area contributed by atoms with Crippen LogP contribution in [0.15, 0.2) is 96.1 Å². The summed E-state index contributed by atoms with van der Waals surface area (Å²) in [6.45, 7) is 2.71. The second-order valence-corrected chi connectivity index (χ2v) is 7.58. The minimum Gasteiger partial charge on any atom is -0.336 e. The minimum atomic E-state index is -0.752. The Morgan fingerprint density at radius 2 is 1.62 bits per heavy atom. The van der Waals surface area contributed by atoms with Crippen molar-refractivity contribution in [3.05, 3.63) is 113 Å². The largest absolute Gasteiger partial charge is 0.336 e. The molecule has 0 fully saturated rings. The van der Waals surface area contributed by atoms with Gasteiger partial charge in [0.05, 0.1) is 0 Å². The van der Waals surface area contributed by atoms with E-state index in [2.05, 4.69) is 10.2 Å². The van der Waals surface area contributed by atoms with E-state index in [4.69, 9.17) is 0 Å². The van der Waals surface area contributed by atoms with Gasteiger partial charge in [-0.05, 0) is 36.6 Å². The molecule has 0 bridgehead atoms. The summed E-state index contributed by atoms with van der Waals surface area (Å²) in [5.74, 6) is 0.324. The van der Waals surface area contributed by atoms with Crippen molar-refractivity contribution in [1.82, 2.24) is 24.5 Å². The Morgan fingerprint density at radius 1 is 0.938 bits per heavy atom. The van der Waals surface area contributed by atoms with Gasteiger partial charge in [0.15, 0.2) is 5.82 Å². The first-order valence-electron chi connectivity index (χ1n) is 10.6. The fourth-order valence-electron chi connectivity index (χ4n) is 3.57. The van der Waals surface area contributed by atoms with Crippen molar-refractivity contribution in [2.24, 2.45) is 0 Å². The van der Waals surface area contributed by atoms with E-state index in [1.165, 1.54) is 10.7 Å². The first-order chi connectivity index (χ1) is 15.6. The first kappa shape index (κ1) is 21.2. The summed E-state index contributed by atoms with van der Waals surface area (Å²) in [6.07, 6.45) is 4.10. The van der Waals surface area contributed by atoms with E-state index in [-0.39, 0.29) is 11.5 Å². The zero-order chi connectivity index (χ0) is 22.3. The zero-order valence-electron chi connectivity index (χ0n) is 17.9. The first-order valence-corrected chi connectivity index (χ1v) is 10.6. The lowest BCUT2D eigenvalue weighted by molar-refractivity contribution is -0.135. The Balaban J connectivity index is 1.59. The number of aromatic nitrogens is 4. The number of benzene rings is 2. The van der Waals surface area contributed by atoms with Crippen LogP contribution in [0.2, 0.25) is 0 Å². The molecule has 7 nitrogen and oxygen atoms in total. The maximum absolute atomic E-state index is 13.5. The molecule has 2 aromatic carbocycles. The molecule has 0 saturated heterocycles. The number of carbonyl (C=O) groups excluding carboxylic acids is 1. The van der Waals surface area contributed by atoms with E-state index in [1.54, 1.807) is 41.0 Å². The lowest BCUT2D eigenvalue weighted by Crippen LogP contribution is -2.41. The third-order valence-corrected chi connectivity index (χ3v) is 5.32. The number of hydrogen-bond donors (Lipinski definition) is 0. The number of nitrogens with zero attached hydrogens (tertiary/aromatic N) is 5. The van der Waals surface area contributed by atoms with Crippen LogP contribution < -0.4 is 5.56 Å². The van der Waals surface area contributed by atoms with Gasteiger partial charge in [-0.25, -0.2) is 9.36 Å². The fraction of sp³-hybridized carbons (Fsp3) is 0.200. The van der Waals surface area contributed by atoms with Gasteiger partial charge < -0.3 is 4.90 Å². The molecule has 1 atom stereocenters. The van der Waals surface area contributed by atoms with Crippen molar-refractivity contribution >= 4 is 5.91 Å². The Labute approximate surface area is 186 Å². The van der Waals surface area contributed by atoms with Gasteiger partial charge in [-0.3, -0.25) is 9.59 Å². The van der Waals surface area contributed by atoms with Crippen molar-refractivity contribution in [1.29, 1.82) is 0 Å². The lowest BCUT2D eigenvalue weighted by Gasteiger charge is -2.26. The molecule has 1 amide bonds. The molecule has 32 heavy (non-hydrogen) atoms.